The number of hydrogen-bond acceptors (Lipinski definition) is 4. The van der Waals surface area contributed by atoms with E-state index in [1.165, 1.54) is 5.56 Å². The topological polar surface area (TPSA) is 38.2 Å². The normalized spacial score (nSPS) is 17.7. The number of benzene rings is 4. The first kappa shape index (κ1) is 22.7. The second-order valence-corrected chi connectivity index (χ2v) is 10.3. The van der Waals surface area contributed by atoms with Crippen LogP contribution in [0.5, 0.6) is 11.5 Å². The second kappa shape index (κ2) is 9.14. The predicted octanol–water partition coefficient (Wildman–Crippen LogP) is 9.00. The van der Waals surface area contributed by atoms with Crippen molar-refractivity contribution in [1.82, 2.24) is 9.97 Å². The minimum Gasteiger partial charge on any atom is -0.453 e. The van der Waals surface area contributed by atoms with Gasteiger partial charge in [-0.1, -0.05) is 66.7 Å². The van der Waals surface area contributed by atoms with E-state index in [4.69, 9.17) is 14.7 Å². The Morgan fingerprint density at radius 2 is 1.32 bits per heavy atom. The van der Waals surface area contributed by atoms with Gasteiger partial charge in [0.15, 0.2) is 11.5 Å². The number of aromatic nitrogens is 2. The molecule has 0 atom stereocenters. The number of hydrogen-bond donors (Lipinski definition) is 0. The number of para-hydroxylation sites is 4. The highest BCUT2D eigenvalue weighted by atomic mass is 16.5. The molecular weight excluding hydrogens is 466 g/mol. The quantitative estimate of drug-likeness (QED) is 0.245. The van der Waals surface area contributed by atoms with Gasteiger partial charge in [-0.15, -0.1) is 0 Å². The zero-order valence-electron chi connectivity index (χ0n) is 21.6. The maximum Gasteiger partial charge on any atom is 0.151 e. The zero-order valence-corrected chi connectivity index (χ0v) is 21.6. The third-order valence-corrected chi connectivity index (χ3v) is 7.89. The highest BCUT2D eigenvalue weighted by molar-refractivity contribution is 5.86. The smallest absolute Gasteiger partial charge is 0.151 e. The molecule has 1 aliphatic heterocycles. The van der Waals surface area contributed by atoms with Gasteiger partial charge in [-0.25, -0.2) is 4.98 Å². The molecule has 0 amide bonds. The van der Waals surface area contributed by atoms with Crippen LogP contribution >= 0.6 is 0 Å². The summed E-state index contributed by atoms with van der Waals surface area (Å²) in [6.45, 7) is 4.19. The van der Waals surface area contributed by atoms with E-state index in [0.29, 0.717) is 11.8 Å². The lowest BCUT2D eigenvalue weighted by Crippen LogP contribution is -2.23. The molecule has 1 aliphatic carbocycles. The Morgan fingerprint density at radius 3 is 2.03 bits per heavy atom. The van der Waals surface area contributed by atoms with Crippen molar-refractivity contribution in [3.8, 4) is 22.8 Å². The number of rotatable bonds is 4. The van der Waals surface area contributed by atoms with Crippen LogP contribution in [0.15, 0.2) is 103 Å². The van der Waals surface area contributed by atoms with Crippen molar-refractivity contribution >= 4 is 17.1 Å². The van der Waals surface area contributed by atoms with Crippen LogP contribution < -0.4 is 9.64 Å². The summed E-state index contributed by atoms with van der Waals surface area (Å²) in [4.78, 5) is 12.4. The minimum absolute atomic E-state index is 0.449. The van der Waals surface area contributed by atoms with Crippen LogP contribution in [0.25, 0.3) is 11.3 Å². The fraction of sp³-hybridized carbons (Fsp3) is 0.176. The third kappa shape index (κ3) is 3.84. The van der Waals surface area contributed by atoms with E-state index in [1.807, 2.05) is 30.3 Å². The number of nitrogens with zero attached hydrogens (tertiary/aromatic N) is 3. The first-order chi connectivity index (χ1) is 18.7. The van der Waals surface area contributed by atoms with Crippen LogP contribution in [0, 0.1) is 13.8 Å². The molecule has 0 bridgehead atoms. The Kier molecular flexibility index (Phi) is 5.47. The van der Waals surface area contributed by atoms with Gasteiger partial charge in [0, 0.05) is 17.2 Å². The molecule has 0 radical (unpaired) electrons. The average Bonchev–Trinajstić information content (AvgIpc) is 2.93. The van der Waals surface area contributed by atoms with Crippen LogP contribution in [0.3, 0.4) is 0 Å². The molecule has 0 saturated heterocycles. The third-order valence-electron chi connectivity index (χ3n) is 7.89. The van der Waals surface area contributed by atoms with Gasteiger partial charge in [0.2, 0.25) is 0 Å². The van der Waals surface area contributed by atoms with E-state index in [2.05, 4.69) is 91.5 Å². The Bertz CT molecular complexity index is 1590. The number of ether oxygens (including phenoxy) is 1. The number of aryl methyl sites for hydroxylation is 2. The van der Waals surface area contributed by atoms with Crippen LogP contribution in [-0.4, -0.2) is 9.97 Å². The Balaban J connectivity index is 1.15. The molecule has 0 unspecified atom stereocenters. The van der Waals surface area contributed by atoms with Gasteiger partial charge in [0.05, 0.1) is 34.2 Å². The SMILES string of the molecule is Cc1nc(C2CC(c3cccc(N4c5ccccc5Oc5ccccc54)c3)C2)c(C)nc1-c1ccccc1. The van der Waals surface area contributed by atoms with Gasteiger partial charge in [0.25, 0.3) is 0 Å². The fourth-order valence-corrected chi connectivity index (χ4v) is 5.89. The highest BCUT2D eigenvalue weighted by Crippen LogP contribution is 2.52. The lowest BCUT2D eigenvalue weighted by atomic mass is 9.69. The fourth-order valence-electron chi connectivity index (χ4n) is 5.89. The summed E-state index contributed by atoms with van der Waals surface area (Å²) in [5, 5.41) is 0. The minimum atomic E-state index is 0.449. The van der Waals surface area contributed by atoms with E-state index in [9.17, 15) is 0 Å². The van der Waals surface area contributed by atoms with Crippen molar-refractivity contribution in [2.75, 3.05) is 4.90 Å². The summed E-state index contributed by atoms with van der Waals surface area (Å²) in [6, 6.07) is 35.8. The molecule has 4 aromatic carbocycles. The first-order valence-electron chi connectivity index (χ1n) is 13.3. The molecule has 2 heterocycles. The monoisotopic (exact) mass is 495 g/mol. The van der Waals surface area contributed by atoms with E-state index < -0.39 is 0 Å². The lowest BCUT2D eigenvalue weighted by Gasteiger charge is -2.37. The molecule has 0 N–H and O–H groups in total. The molecule has 1 saturated carbocycles. The number of fused-ring (bicyclic) bond motifs is 2. The summed E-state index contributed by atoms with van der Waals surface area (Å²) >= 11 is 0. The van der Waals surface area contributed by atoms with E-state index in [-0.39, 0.29) is 0 Å². The van der Waals surface area contributed by atoms with Crippen LogP contribution in [0.2, 0.25) is 0 Å². The van der Waals surface area contributed by atoms with E-state index in [1.54, 1.807) is 0 Å². The van der Waals surface area contributed by atoms with Crippen molar-refractivity contribution in [2.24, 2.45) is 0 Å². The summed E-state index contributed by atoms with van der Waals surface area (Å²) in [5.74, 6) is 2.72. The van der Waals surface area contributed by atoms with Crippen LogP contribution in [0.4, 0.5) is 17.1 Å². The van der Waals surface area contributed by atoms with Crippen molar-refractivity contribution in [3.05, 3.63) is 126 Å². The molecule has 38 heavy (non-hydrogen) atoms. The molecule has 4 nitrogen and oxygen atoms in total. The summed E-state index contributed by atoms with van der Waals surface area (Å²) in [5.41, 5.74) is 10.00. The zero-order chi connectivity index (χ0) is 25.6. The Hall–Kier alpha value is -4.44. The van der Waals surface area contributed by atoms with Crippen LogP contribution in [-0.2, 0) is 0 Å². The maximum absolute atomic E-state index is 6.21. The van der Waals surface area contributed by atoms with Crippen molar-refractivity contribution < 1.29 is 4.74 Å². The molecule has 0 spiro atoms. The molecule has 5 aromatic rings. The maximum atomic E-state index is 6.21. The van der Waals surface area contributed by atoms with Gasteiger partial charge in [-0.2, -0.15) is 0 Å². The van der Waals surface area contributed by atoms with Crippen molar-refractivity contribution in [3.63, 3.8) is 0 Å². The largest absolute Gasteiger partial charge is 0.453 e. The van der Waals surface area contributed by atoms with Gasteiger partial charge < -0.3 is 9.64 Å². The molecule has 2 aliphatic rings. The predicted molar refractivity (Wildman–Crippen MR) is 153 cm³/mol. The molecular formula is C34H29N3O. The number of anilines is 3. The summed E-state index contributed by atoms with van der Waals surface area (Å²) in [7, 11) is 0. The molecule has 186 valence electrons. The van der Waals surface area contributed by atoms with Gasteiger partial charge in [-0.05, 0) is 74.6 Å². The molecule has 7 rings (SSSR count). The molecule has 4 heteroatoms. The summed E-state index contributed by atoms with van der Waals surface area (Å²) < 4.78 is 6.21. The first-order valence-corrected chi connectivity index (χ1v) is 13.3. The highest BCUT2D eigenvalue weighted by Gasteiger charge is 2.35. The lowest BCUT2D eigenvalue weighted by molar-refractivity contribution is 0.342. The van der Waals surface area contributed by atoms with Gasteiger partial charge in [0.1, 0.15) is 0 Å². The van der Waals surface area contributed by atoms with E-state index in [0.717, 1.165) is 69.7 Å². The van der Waals surface area contributed by atoms with Gasteiger partial charge in [-0.3, -0.25) is 4.98 Å². The standard InChI is InChI=1S/C34H29N3O/c1-22-33(24-11-4-3-5-12-24)35-23(2)34(36-22)27-19-26(20-27)25-13-10-14-28(21-25)37-29-15-6-8-17-31(29)38-32-18-9-7-16-30(32)37/h3-18,21,26-27H,19-20H2,1-2H3. The van der Waals surface area contributed by atoms with Crippen molar-refractivity contribution in [2.45, 2.75) is 38.5 Å². The van der Waals surface area contributed by atoms with E-state index >= 15 is 0 Å². The van der Waals surface area contributed by atoms with Crippen LogP contribution in [0.1, 0.15) is 47.3 Å². The van der Waals surface area contributed by atoms with Crippen molar-refractivity contribution in [1.29, 1.82) is 0 Å². The Labute approximate surface area is 223 Å². The second-order valence-electron chi connectivity index (χ2n) is 10.3. The Morgan fingerprint density at radius 1 is 0.658 bits per heavy atom. The molecule has 1 aromatic heterocycles. The summed E-state index contributed by atoms with van der Waals surface area (Å²) in [6.07, 6.45) is 2.19. The average molecular weight is 496 g/mol. The van der Waals surface area contributed by atoms with Gasteiger partial charge >= 0.3 is 0 Å². The molecule has 1 fully saturated rings.